The average molecular weight is 281 g/mol. The second-order valence-corrected chi connectivity index (χ2v) is 6.90. The summed E-state index contributed by atoms with van der Waals surface area (Å²) < 4.78 is 0. The zero-order chi connectivity index (χ0) is 14.3. The molecule has 1 heterocycles. The third-order valence-electron chi connectivity index (χ3n) is 5.36. The van der Waals surface area contributed by atoms with E-state index in [-0.39, 0.29) is 11.5 Å². The molecule has 0 aromatic rings. The van der Waals surface area contributed by atoms with Crippen molar-refractivity contribution in [3.63, 3.8) is 0 Å². The molecule has 3 nitrogen and oxygen atoms in total. The van der Waals surface area contributed by atoms with E-state index in [0.717, 1.165) is 32.2 Å². The summed E-state index contributed by atoms with van der Waals surface area (Å²) in [4.78, 5) is 11.4. The summed E-state index contributed by atoms with van der Waals surface area (Å²) in [6.45, 7) is 1.12. The summed E-state index contributed by atoms with van der Waals surface area (Å²) in [5.41, 5.74) is 0.266. The molecule has 116 valence electrons. The maximum Gasteiger partial charge on any atom is 0.306 e. The van der Waals surface area contributed by atoms with E-state index < -0.39 is 5.97 Å². The Hall–Kier alpha value is -0.570. The first-order chi connectivity index (χ1) is 9.72. The fourth-order valence-electron chi connectivity index (χ4n) is 4.00. The zero-order valence-electron chi connectivity index (χ0n) is 12.8. The molecule has 2 N–H and O–H groups in total. The van der Waals surface area contributed by atoms with E-state index in [9.17, 15) is 9.90 Å². The topological polar surface area (TPSA) is 49.3 Å². The highest BCUT2D eigenvalue weighted by Gasteiger charge is 2.34. The molecule has 20 heavy (non-hydrogen) atoms. The highest BCUT2D eigenvalue weighted by atomic mass is 16.4. The predicted molar refractivity (Wildman–Crippen MR) is 81.9 cm³/mol. The van der Waals surface area contributed by atoms with Crippen LogP contribution in [0.5, 0.6) is 0 Å². The molecule has 2 unspecified atom stereocenters. The van der Waals surface area contributed by atoms with Crippen LogP contribution in [0.2, 0.25) is 0 Å². The molecule has 0 aromatic carbocycles. The summed E-state index contributed by atoms with van der Waals surface area (Å²) in [6, 6.07) is 0. The third-order valence-corrected chi connectivity index (χ3v) is 5.36. The molecule has 0 aromatic heterocycles. The number of aliphatic carboxylic acids is 1. The van der Waals surface area contributed by atoms with Crippen molar-refractivity contribution < 1.29 is 9.90 Å². The summed E-state index contributed by atoms with van der Waals surface area (Å²) in [5.74, 6) is -0.692. The molecule has 0 radical (unpaired) electrons. The number of carboxylic acid groups (broad SMARTS) is 1. The van der Waals surface area contributed by atoms with Gasteiger partial charge < -0.3 is 10.4 Å². The van der Waals surface area contributed by atoms with Crippen LogP contribution >= 0.6 is 0 Å². The number of rotatable bonds is 1. The molecule has 2 fully saturated rings. The van der Waals surface area contributed by atoms with Crippen molar-refractivity contribution in [3.05, 3.63) is 0 Å². The molecular weight excluding hydrogens is 250 g/mol. The minimum Gasteiger partial charge on any atom is -0.481 e. The van der Waals surface area contributed by atoms with Gasteiger partial charge in [0.15, 0.2) is 0 Å². The Morgan fingerprint density at radius 1 is 0.850 bits per heavy atom. The van der Waals surface area contributed by atoms with Crippen LogP contribution in [-0.2, 0) is 4.79 Å². The highest BCUT2D eigenvalue weighted by molar-refractivity contribution is 5.69. The fourth-order valence-corrected chi connectivity index (χ4v) is 4.00. The Morgan fingerprint density at radius 2 is 1.50 bits per heavy atom. The van der Waals surface area contributed by atoms with Crippen molar-refractivity contribution in [2.45, 2.75) is 89.0 Å². The molecule has 1 saturated carbocycles. The van der Waals surface area contributed by atoms with Crippen LogP contribution in [-0.4, -0.2) is 23.2 Å². The van der Waals surface area contributed by atoms with Crippen LogP contribution in [0, 0.1) is 5.92 Å². The van der Waals surface area contributed by atoms with Gasteiger partial charge in [-0.1, -0.05) is 44.9 Å². The Balaban J connectivity index is 1.94. The summed E-state index contributed by atoms with van der Waals surface area (Å²) >= 11 is 0. The largest absolute Gasteiger partial charge is 0.481 e. The van der Waals surface area contributed by atoms with Gasteiger partial charge in [-0.25, -0.2) is 0 Å². The SMILES string of the molecule is O=C(O)C1CCCCCCCCCC2(CCCN2)CC1. The zero-order valence-corrected chi connectivity index (χ0v) is 12.8. The minimum absolute atomic E-state index is 0.116. The molecule has 1 aliphatic heterocycles. The molecule has 2 rings (SSSR count). The first-order valence-electron chi connectivity index (χ1n) is 8.70. The van der Waals surface area contributed by atoms with Gasteiger partial charge in [-0.2, -0.15) is 0 Å². The predicted octanol–water partition coefficient (Wildman–Crippen LogP) is 4.11. The van der Waals surface area contributed by atoms with E-state index in [0.29, 0.717) is 0 Å². The molecule has 3 heteroatoms. The molecular formula is C17H31NO2. The second-order valence-electron chi connectivity index (χ2n) is 6.90. The minimum atomic E-state index is -0.576. The van der Waals surface area contributed by atoms with E-state index in [1.165, 1.54) is 57.8 Å². The van der Waals surface area contributed by atoms with Gasteiger partial charge in [0.05, 0.1) is 5.92 Å². The number of hydrogen-bond acceptors (Lipinski definition) is 2. The van der Waals surface area contributed by atoms with Gasteiger partial charge in [-0.15, -0.1) is 0 Å². The van der Waals surface area contributed by atoms with Crippen molar-refractivity contribution in [3.8, 4) is 0 Å². The average Bonchev–Trinajstić information content (AvgIpc) is 2.89. The molecule has 1 spiro atoms. The van der Waals surface area contributed by atoms with Gasteiger partial charge in [0.2, 0.25) is 0 Å². The van der Waals surface area contributed by atoms with E-state index in [4.69, 9.17) is 0 Å². The quantitative estimate of drug-likeness (QED) is 0.760. The summed E-state index contributed by atoms with van der Waals surface area (Å²) in [7, 11) is 0. The van der Waals surface area contributed by atoms with Crippen molar-refractivity contribution in [1.82, 2.24) is 5.32 Å². The van der Waals surface area contributed by atoms with E-state index >= 15 is 0 Å². The molecule has 0 amide bonds. The third kappa shape index (κ3) is 4.76. The highest BCUT2D eigenvalue weighted by Crippen LogP contribution is 2.33. The van der Waals surface area contributed by atoms with Gasteiger partial charge in [0, 0.05) is 5.54 Å². The van der Waals surface area contributed by atoms with Crippen LogP contribution in [0.4, 0.5) is 0 Å². The molecule has 2 aliphatic rings. The molecule has 1 saturated heterocycles. The molecule has 1 aliphatic carbocycles. The Labute approximate surface area is 123 Å². The van der Waals surface area contributed by atoms with Crippen LogP contribution in [0.25, 0.3) is 0 Å². The van der Waals surface area contributed by atoms with Gasteiger partial charge in [0.1, 0.15) is 0 Å². The van der Waals surface area contributed by atoms with Crippen LogP contribution in [0.3, 0.4) is 0 Å². The van der Waals surface area contributed by atoms with Crippen molar-refractivity contribution in [2.24, 2.45) is 5.92 Å². The molecule has 0 bridgehead atoms. The van der Waals surface area contributed by atoms with E-state index in [2.05, 4.69) is 5.32 Å². The lowest BCUT2D eigenvalue weighted by molar-refractivity contribution is -0.142. The standard InChI is InChI=1S/C17H31NO2/c19-16(20)15-9-6-4-2-1-3-5-7-11-17(13-10-15)12-8-14-18-17/h15,18H,1-14H2,(H,19,20). The van der Waals surface area contributed by atoms with Gasteiger partial charge in [-0.05, 0) is 45.1 Å². The molecule has 2 atom stereocenters. The van der Waals surface area contributed by atoms with Gasteiger partial charge in [0.25, 0.3) is 0 Å². The van der Waals surface area contributed by atoms with Crippen LogP contribution < -0.4 is 5.32 Å². The smallest absolute Gasteiger partial charge is 0.306 e. The van der Waals surface area contributed by atoms with Crippen molar-refractivity contribution in [1.29, 1.82) is 0 Å². The summed E-state index contributed by atoms with van der Waals surface area (Å²) in [6.07, 6.45) is 15.5. The maximum atomic E-state index is 11.4. The number of hydrogen-bond donors (Lipinski definition) is 2. The maximum absolute atomic E-state index is 11.4. The normalized spacial score (nSPS) is 34.1. The van der Waals surface area contributed by atoms with Crippen LogP contribution in [0.1, 0.15) is 83.5 Å². The Bertz CT molecular complexity index is 297. The Kier molecular flexibility index (Phi) is 6.34. The second kappa shape index (κ2) is 8.02. The van der Waals surface area contributed by atoms with Crippen LogP contribution in [0.15, 0.2) is 0 Å². The first kappa shape index (κ1) is 15.8. The number of carbonyl (C=O) groups is 1. The monoisotopic (exact) mass is 281 g/mol. The van der Waals surface area contributed by atoms with Crippen molar-refractivity contribution >= 4 is 5.97 Å². The van der Waals surface area contributed by atoms with Gasteiger partial charge >= 0.3 is 5.97 Å². The first-order valence-corrected chi connectivity index (χ1v) is 8.70. The van der Waals surface area contributed by atoms with E-state index in [1.54, 1.807) is 0 Å². The number of nitrogens with one attached hydrogen (secondary N) is 1. The van der Waals surface area contributed by atoms with Crippen molar-refractivity contribution in [2.75, 3.05) is 6.54 Å². The van der Waals surface area contributed by atoms with E-state index in [1.807, 2.05) is 0 Å². The lowest BCUT2D eigenvalue weighted by atomic mass is 9.82. The van der Waals surface area contributed by atoms with Gasteiger partial charge in [-0.3, -0.25) is 4.79 Å². The summed E-state index contributed by atoms with van der Waals surface area (Å²) in [5, 5.41) is 13.1. The lowest BCUT2D eigenvalue weighted by Crippen LogP contribution is -2.40. The fraction of sp³-hybridized carbons (Fsp3) is 0.941. The Morgan fingerprint density at radius 3 is 2.15 bits per heavy atom. The number of carboxylic acids is 1. The lowest BCUT2D eigenvalue weighted by Gasteiger charge is -2.31.